The van der Waals surface area contributed by atoms with E-state index in [1.165, 1.54) is 12.1 Å². The molecule has 0 heterocycles. The number of nitrogens with one attached hydrogen (secondary N) is 1. The first-order valence-electron chi connectivity index (χ1n) is 7.41. The van der Waals surface area contributed by atoms with Crippen LogP contribution in [0.2, 0.25) is 5.02 Å². The van der Waals surface area contributed by atoms with Crippen LogP contribution in [0.1, 0.15) is 30.0 Å². The van der Waals surface area contributed by atoms with E-state index >= 15 is 0 Å². The quantitative estimate of drug-likeness (QED) is 0.875. The average molecular weight is 318 g/mol. The van der Waals surface area contributed by atoms with Gasteiger partial charge in [-0.05, 0) is 54.2 Å². The summed E-state index contributed by atoms with van der Waals surface area (Å²) in [7, 11) is 0. The maximum absolute atomic E-state index is 12.9. The van der Waals surface area contributed by atoms with Crippen LogP contribution in [0.4, 0.5) is 4.39 Å². The molecule has 1 fully saturated rings. The lowest BCUT2D eigenvalue weighted by Crippen LogP contribution is -2.31. The van der Waals surface area contributed by atoms with Crippen LogP contribution < -0.4 is 5.32 Å². The Hall–Kier alpha value is -1.87. The van der Waals surface area contributed by atoms with Crippen molar-refractivity contribution in [2.45, 2.75) is 25.3 Å². The summed E-state index contributed by atoms with van der Waals surface area (Å²) in [6.07, 6.45) is 2.52. The van der Waals surface area contributed by atoms with Gasteiger partial charge in [0, 0.05) is 5.02 Å². The first-order chi connectivity index (χ1) is 10.6. The molecular formula is C18H17ClFNO. The van der Waals surface area contributed by atoms with Gasteiger partial charge < -0.3 is 5.32 Å². The number of amides is 1. The molecule has 2 nitrogen and oxygen atoms in total. The lowest BCUT2D eigenvalue weighted by Gasteiger charge is -2.19. The molecule has 1 aliphatic rings. The molecule has 1 N–H and O–H groups in total. The molecule has 3 rings (SSSR count). The monoisotopic (exact) mass is 317 g/mol. The Kier molecular flexibility index (Phi) is 4.44. The zero-order valence-corrected chi connectivity index (χ0v) is 12.8. The van der Waals surface area contributed by atoms with E-state index in [0.717, 1.165) is 24.0 Å². The molecule has 0 saturated heterocycles. The van der Waals surface area contributed by atoms with Crippen LogP contribution in [0.5, 0.6) is 0 Å². The van der Waals surface area contributed by atoms with Crippen molar-refractivity contribution in [3.05, 3.63) is 70.5 Å². The van der Waals surface area contributed by atoms with Gasteiger partial charge in [0.15, 0.2) is 0 Å². The zero-order valence-electron chi connectivity index (χ0n) is 12.1. The van der Waals surface area contributed by atoms with E-state index in [1.54, 1.807) is 12.1 Å². The topological polar surface area (TPSA) is 29.1 Å². The highest BCUT2D eigenvalue weighted by Crippen LogP contribution is 2.41. The van der Waals surface area contributed by atoms with Crippen molar-refractivity contribution >= 4 is 17.5 Å². The second-order valence-electron chi connectivity index (χ2n) is 5.74. The van der Waals surface area contributed by atoms with Crippen LogP contribution in [-0.4, -0.2) is 5.91 Å². The van der Waals surface area contributed by atoms with Gasteiger partial charge in [-0.3, -0.25) is 4.79 Å². The van der Waals surface area contributed by atoms with E-state index in [4.69, 9.17) is 11.6 Å². The van der Waals surface area contributed by atoms with E-state index in [9.17, 15) is 9.18 Å². The van der Waals surface area contributed by atoms with Gasteiger partial charge in [0.2, 0.25) is 5.91 Å². The molecule has 4 heteroatoms. The van der Waals surface area contributed by atoms with Gasteiger partial charge in [0.25, 0.3) is 0 Å². The minimum Gasteiger partial charge on any atom is -0.349 e. The van der Waals surface area contributed by atoms with Crippen LogP contribution in [0.25, 0.3) is 0 Å². The summed E-state index contributed by atoms with van der Waals surface area (Å²) in [5.41, 5.74) is 1.89. The summed E-state index contributed by atoms with van der Waals surface area (Å²) >= 11 is 5.92. The van der Waals surface area contributed by atoms with E-state index in [-0.39, 0.29) is 24.2 Å². The van der Waals surface area contributed by atoms with E-state index < -0.39 is 0 Å². The lowest BCUT2D eigenvalue weighted by molar-refractivity contribution is -0.121. The molecule has 2 aromatic carbocycles. The highest BCUT2D eigenvalue weighted by Gasteiger charge is 2.33. The predicted octanol–water partition coefficient (Wildman–Crippen LogP) is 4.29. The Morgan fingerprint density at radius 2 is 1.77 bits per heavy atom. The fraction of sp³-hybridized carbons (Fsp3) is 0.278. The number of hydrogen-bond acceptors (Lipinski definition) is 1. The summed E-state index contributed by atoms with van der Waals surface area (Å²) in [4.78, 5) is 12.2. The van der Waals surface area contributed by atoms with E-state index in [0.29, 0.717) is 10.9 Å². The molecule has 1 aliphatic carbocycles. The molecule has 0 radical (unpaired) electrons. The molecule has 2 aromatic rings. The van der Waals surface area contributed by atoms with Crippen molar-refractivity contribution in [3.8, 4) is 0 Å². The van der Waals surface area contributed by atoms with Crippen molar-refractivity contribution in [1.82, 2.24) is 5.32 Å². The minimum absolute atomic E-state index is 0.0326. The van der Waals surface area contributed by atoms with E-state index in [2.05, 4.69) is 5.32 Å². The van der Waals surface area contributed by atoms with Gasteiger partial charge in [-0.2, -0.15) is 0 Å². The second kappa shape index (κ2) is 6.49. The molecule has 1 amide bonds. The Labute approximate surface area is 134 Å². The van der Waals surface area contributed by atoms with Crippen molar-refractivity contribution < 1.29 is 9.18 Å². The van der Waals surface area contributed by atoms with Crippen molar-refractivity contribution in [1.29, 1.82) is 0 Å². The largest absolute Gasteiger partial charge is 0.349 e. The van der Waals surface area contributed by atoms with Crippen LogP contribution in [0.3, 0.4) is 0 Å². The maximum Gasteiger partial charge on any atom is 0.224 e. The zero-order chi connectivity index (χ0) is 15.5. The third-order valence-corrected chi connectivity index (χ3v) is 4.17. The third kappa shape index (κ3) is 3.86. The summed E-state index contributed by atoms with van der Waals surface area (Å²) < 4.78 is 12.9. The fourth-order valence-corrected chi connectivity index (χ4v) is 2.71. The smallest absolute Gasteiger partial charge is 0.224 e. The highest BCUT2D eigenvalue weighted by molar-refractivity contribution is 6.30. The van der Waals surface area contributed by atoms with Gasteiger partial charge in [-0.15, -0.1) is 0 Å². The minimum atomic E-state index is -0.291. The molecule has 22 heavy (non-hydrogen) atoms. The number of halogens is 2. The summed E-state index contributed by atoms with van der Waals surface area (Å²) in [5.74, 6) is 0.165. The van der Waals surface area contributed by atoms with Crippen molar-refractivity contribution in [2.75, 3.05) is 0 Å². The summed E-state index contributed by atoms with van der Waals surface area (Å²) in [6.45, 7) is 0. The number of carbonyl (C=O) groups excluding carboxylic acids is 1. The molecule has 1 saturated carbocycles. The number of carbonyl (C=O) groups is 1. The number of hydrogen-bond donors (Lipinski definition) is 1. The second-order valence-corrected chi connectivity index (χ2v) is 6.17. The summed E-state index contributed by atoms with van der Waals surface area (Å²) in [5, 5.41) is 3.79. The van der Waals surface area contributed by atoms with Gasteiger partial charge in [0.05, 0.1) is 12.5 Å². The molecule has 114 valence electrons. The number of benzene rings is 2. The Balaban J connectivity index is 1.67. The van der Waals surface area contributed by atoms with Crippen LogP contribution in [0.15, 0.2) is 48.5 Å². The molecular weight excluding hydrogens is 301 g/mol. The molecule has 1 atom stereocenters. The molecule has 0 aliphatic heterocycles. The molecule has 0 aromatic heterocycles. The molecule has 0 bridgehead atoms. The van der Waals surface area contributed by atoms with Crippen molar-refractivity contribution in [2.24, 2.45) is 5.92 Å². The van der Waals surface area contributed by atoms with E-state index in [1.807, 2.05) is 24.3 Å². The third-order valence-electron chi connectivity index (χ3n) is 3.92. The van der Waals surface area contributed by atoms with Crippen molar-refractivity contribution in [3.63, 3.8) is 0 Å². The van der Waals surface area contributed by atoms with Gasteiger partial charge in [0.1, 0.15) is 5.82 Å². The Morgan fingerprint density at radius 3 is 2.36 bits per heavy atom. The normalized spacial score (nSPS) is 15.4. The lowest BCUT2D eigenvalue weighted by atomic mass is 10.0. The standard InChI is InChI=1S/C18H17ClFNO/c19-15-7-5-14(6-8-15)18(13-3-4-13)21-17(22)11-12-1-9-16(20)10-2-12/h1-2,5-10,13,18H,3-4,11H2,(H,21,22). The molecule has 0 spiro atoms. The van der Waals surface area contributed by atoms with Crippen LogP contribution in [0, 0.1) is 11.7 Å². The van der Waals surface area contributed by atoms with Gasteiger partial charge in [-0.1, -0.05) is 35.9 Å². The Bertz CT molecular complexity index is 650. The predicted molar refractivity (Wildman–Crippen MR) is 85.2 cm³/mol. The van der Waals surface area contributed by atoms with Gasteiger partial charge >= 0.3 is 0 Å². The average Bonchev–Trinajstić information content (AvgIpc) is 3.33. The number of rotatable bonds is 5. The fourth-order valence-electron chi connectivity index (χ4n) is 2.59. The highest BCUT2D eigenvalue weighted by atomic mass is 35.5. The Morgan fingerprint density at radius 1 is 1.14 bits per heavy atom. The summed E-state index contributed by atoms with van der Waals surface area (Å²) in [6, 6.07) is 13.7. The SMILES string of the molecule is O=C(Cc1ccc(F)cc1)NC(c1ccc(Cl)cc1)C1CC1. The first-order valence-corrected chi connectivity index (χ1v) is 7.79. The van der Waals surface area contributed by atoms with Crippen LogP contribution in [-0.2, 0) is 11.2 Å². The first kappa shape index (κ1) is 15.0. The van der Waals surface area contributed by atoms with Gasteiger partial charge in [-0.25, -0.2) is 4.39 Å². The molecule has 1 unspecified atom stereocenters. The maximum atomic E-state index is 12.9. The van der Waals surface area contributed by atoms with Crippen LogP contribution >= 0.6 is 11.6 Å².